The molecule has 1 fully saturated rings. The van der Waals surface area contributed by atoms with Crippen LogP contribution in [0.2, 0.25) is 0 Å². The van der Waals surface area contributed by atoms with E-state index in [4.69, 9.17) is 5.11 Å². The van der Waals surface area contributed by atoms with Crippen LogP contribution < -0.4 is 5.32 Å². The van der Waals surface area contributed by atoms with Crippen molar-refractivity contribution < 1.29 is 32.3 Å². The largest absolute Gasteiger partial charge is 0.480 e. The molecule has 2 amide bonds. The molecule has 0 radical (unpaired) electrons. The van der Waals surface area contributed by atoms with Crippen LogP contribution in [0.3, 0.4) is 0 Å². The number of amides is 2. The van der Waals surface area contributed by atoms with Crippen molar-refractivity contribution in [3.8, 4) is 0 Å². The van der Waals surface area contributed by atoms with Gasteiger partial charge < -0.3 is 15.3 Å². The summed E-state index contributed by atoms with van der Waals surface area (Å²) in [5.41, 5.74) is -1.50. The summed E-state index contributed by atoms with van der Waals surface area (Å²) in [6.45, 7) is -0.169. The molecular weight excluding hydrogens is 272 g/mol. The van der Waals surface area contributed by atoms with Crippen molar-refractivity contribution in [3.05, 3.63) is 0 Å². The van der Waals surface area contributed by atoms with Crippen LogP contribution in [-0.4, -0.2) is 53.0 Å². The van der Waals surface area contributed by atoms with Crippen molar-refractivity contribution >= 4 is 12.0 Å². The molecule has 1 heterocycles. The molecule has 0 saturated carbocycles. The van der Waals surface area contributed by atoms with E-state index < -0.39 is 36.4 Å². The van der Waals surface area contributed by atoms with Crippen molar-refractivity contribution in [1.82, 2.24) is 10.2 Å². The Labute approximate surface area is 106 Å². The molecule has 1 unspecified atom stereocenters. The molecule has 19 heavy (non-hydrogen) atoms. The lowest BCUT2D eigenvalue weighted by molar-refractivity contribution is -0.147. The zero-order valence-corrected chi connectivity index (χ0v) is 10.1. The highest BCUT2D eigenvalue weighted by Gasteiger charge is 2.47. The Bertz CT molecular complexity index is 378. The second-order valence-corrected chi connectivity index (χ2v) is 4.55. The molecule has 0 spiro atoms. The fraction of sp³-hybridized carbons (Fsp3) is 0.800. The van der Waals surface area contributed by atoms with Crippen LogP contribution in [0, 0.1) is 0 Å². The molecule has 9 heteroatoms. The Hall–Kier alpha value is -1.54. The molecule has 1 atom stereocenters. The molecule has 0 aromatic heterocycles. The maximum Gasteiger partial charge on any atom is 0.329 e. The summed E-state index contributed by atoms with van der Waals surface area (Å²) in [5, 5.41) is 10.7. The van der Waals surface area contributed by atoms with Crippen LogP contribution >= 0.6 is 0 Å². The molecule has 5 nitrogen and oxygen atoms in total. The summed E-state index contributed by atoms with van der Waals surface area (Å²) in [6, 6.07) is -1.08. The highest BCUT2D eigenvalue weighted by molar-refractivity contribution is 5.86. The minimum Gasteiger partial charge on any atom is -0.480 e. The number of carbonyl (C=O) groups is 2. The number of nitrogens with one attached hydrogen (secondary N) is 1. The molecular formula is C10H14F4N2O3. The Kier molecular flexibility index (Phi) is 4.26. The van der Waals surface area contributed by atoms with Crippen LogP contribution in [0.5, 0.6) is 0 Å². The summed E-state index contributed by atoms with van der Waals surface area (Å²) in [4.78, 5) is 23.5. The Morgan fingerprint density at radius 3 is 2.53 bits per heavy atom. The van der Waals surface area contributed by atoms with Crippen LogP contribution in [0.15, 0.2) is 0 Å². The van der Waals surface area contributed by atoms with E-state index in [1.54, 1.807) is 5.32 Å². The van der Waals surface area contributed by atoms with Crippen molar-refractivity contribution in [2.75, 3.05) is 13.1 Å². The lowest BCUT2D eigenvalue weighted by Crippen LogP contribution is -2.55. The molecule has 0 aliphatic carbocycles. The highest BCUT2D eigenvalue weighted by atomic mass is 19.3. The number of carbonyl (C=O) groups excluding carboxylic acids is 1. The topological polar surface area (TPSA) is 69.6 Å². The Morgan fingerprint density at radius 2 is 2.05 bits per heavy atom. The number of halogens is 4. The molecule has 110 valence electrons. The summed E-state index contributed by atoms with van der Waals surface area (Å²) in [5.74, 6) is -5.60. The molecule has 2 N–H and O–H groups in total. The SMILES string of the molecule is CC1(C(=O)O)CCCN1C(=O)NCC(F)(F)C(F)F. The molecule has 0 bridgehead atoms. The summed E-state index contributed by atoms with van der Waals surface area (Å²) < 4.78 is 49.1. The first-order valence-corrected chi connectivity index (χ1v) is 5.56. The fourth-order valence-electron chi connectivity index (χ4n) is 1.88. The van der Waals surface area contributed by atoms with E-state index in [1.807, 2.05) is 0 Å². The minimum atomic E-state index is -4.34. The monoisotopic (exact) mass is 286 g/mol. The van der Waals surface area contributed by atoms with Gasteiger partial charge >= 0.3 is 24.3 Å². The Balaban J connectivity index is 2.66. The number of aliphatic carboxylic acids is 1. The lowest BCUT2D eigenvalue weighted by atomic mass is 10.00. The van der Waals surface area contributed by atoms with Crippen LogP contribution in [0.25, 0.3) is 0 Å². The lowest BCUT2D eigenvalue weighted by Gasteiger charge is -2.31. The average molecular weight is 286 g/mol. The number of hydrogen-bond donors (Lipinski definition) is 2. The maximum absolute atomic E-state index is 12.6. The minimum absolute atomic E-state index is 0.0783. The molecule has 0 aromatic carbocycles. The first kappa shape index (κ1) is 15.5. The van der Waals surface area contributed by atoms with Crippen molar-refractivity contribution in [1.29, 1.82) is 0 Å². The van der Waals surface area contributed by atoms with Crippen molar-refractivity contribution in [3.63, 3.8) is 0 Å². The predicted molar refractivity (Wildman–Crippen MR) is 56.3 cm³/mol. The van der Waals surface area contributed by atoms with E-state index in [0.717, 1.165) is 4.90 Å². The zero-order chi connectivity index (χ0) is 14.8. The third-order valence-electron chi connectivity index (χ3n) is 3.14. The van der Waals surface area contributed by atoms with Gasteiger partial charge in [-0.05, 0) is 19.8 Å². The fourth-order valence-corrected chi connectivity index (χ4v) is 1.88. The number of urea groups is 1. The van der Waals surface area contributed by atoms with Gasteiger partial charge in [-0.2, -0.15) is 8.78 Å². The average Bonchev–Trinajstić information content (AvgIpc) is 2.69. The quantitative estimate of drug-likeness (QED) is 0.770. The number of carboxylic acids is 1. The van der Waals surface area contributed by atoms with E-state index in [0.29, 0.717) is 6.42 Å². The number of likely N-dealkylation sites (tertiary alicyclic amines) is 1. The van der Waals surface area contributed by atoms with E-state index in [2.05, 4.69) is 0 Å². The Morgan fingerprint density at radius 1 is 1.47 bits per heavy atom. The first-order valence-electron chi connectivity index (χ1n) is 5.56. The van der Waals surface area contributed by atoms with Gasteiger partial charge in [0, 0.05) is 6.54 Å². The number of nitrogens with zero attached hydrogens (tertiary/aromatic N) is 1. The van der Waals surface area contributed by atoms with Crippen LogP contribution in [-0.2, 0) is 4.79 Å². The molecule has 1 rings (SSSR count). The summed E-state index contributed by atoms with van der Waals surface area (Å²) in [7, 11) is 0. The van der Waals surface area contributed by atoms with Crippen molar-refractivity contribution in [2.24, 2.45) is 0 Å². The normalized spacial score (nSPS) is 23.8. The van der Waals surface area contributed by atoms with E-state index in [1.165, 1.54) is 6.92 Å². The van der Waals surface area contributed by atoms with Gasteiger partial charge in [0.15, 0.2) is 0 Å². The highest BCUT2D eigenvalue weighted by Crippen LogP contribution is 2.29. The molecule has 1 aliphatic heterocycles. The van der Waals surface area contributed by atoms with Crippen LogP contribution in [0.1, 0.15) is 19.8 Å². The predicted octanol–water partition coefficient (Wildman–Crippen LogP) is 1.54. The van der Waals surface area contributed by atoms with Gasteiger partial charge in [0.05, 0.1) is 6.54 Å². The summed E-state index contributed by atoms with van der Waals surface area (Å²) >= 11 is 0. The first-order chi connectivity index (χ1) is 8.61. The van der Waals surface area contributed by atoms with Gasteiger partial charge in [-0.3, -0.25) is 0 Å². The molecule has 1 saturated heterocycles. The third-order valence-corrected chi connectivity index (χ3v) is 3.14. The third kappa shape index (κ3) is 3.07. The van der Waals surface area contributed by atoms with Gasteiger partial charge in [-0.15, -0.1) is 0 Å². The number of rotatable bonds is 4. The number of alkyl halides is 4. The van der Waals surface area contributed by atoms with Gasteiger partial charge in [0.1, 0.15) is 5.54 Å². The van der Waals surface area contributed by atoms with E-state index in [-0.39, 0.29) is 13.0 Å². The summed E-state index contributed by atoms with van der Waals surface area (Å²) in [6.07, 6.45) is -3.31. The van der Waals surface area contributed by atoms with E-state index >= 15 is 0 Å². The molecule has 1 aliphatic rings. The van der Waals surface area contributed by atoms with Gasteiger partial charge in [0.2, 0.25) is 0 Å². The second kappa shape index (κ2) is 5.22. The smallest absolute Gasteiger partial charge is 0.329 e. The van der Waals surface area contributed by atoms with Gasteiger partial charge in [-0.25, -0.2) is 18.4 Å². The number of hydrogen-bond acceptors (Lipinski definition) is 2. The van der Waals surface area contributed by atoms with E-state index in [9.17, 15) is 27.2 Å². The maximum atomic E-state index is 12.6. The number of carboxylic acid groups (broad SMARTS) is 1. The van der Waals surface area contributed by atoms with Gasteiger partial charge in [0.25, 0.3) is 0 Å². The van der Waals surface area contributed by atoms with Crippen molar-refractivity contribution in [2.45, 2.75) is 37.7 Å². The standard InChI is InChI=1S/C10H14F4N2O3/c1-9(7(17)18)3-2-4-16(9)8(19)15-5-10(13,14)6(11)12/h6H,2-5H2,1H3,(H,15,19)(H,17,18). The van der Waals surface area contributed by atoms with Crippen LogP contribution in [0.4, 0.5) is 22.4 Å². The molecule has 0 aromatic rings. The van der Waals surface area contributed by atoms with Gasteiger partial charge in [-0.1, -0.05) is 0 Å². The zero-order valence-electron chi connectivity index (χ0n) is 10.1. The second-order valence-electron chi connectivity index (χ2n) is 4.55.